The number of nitrogens with two attached hydrogens (primary N) is 1. The highest BCUT2D eigenvalue weighted by atomic mass is 32.1. The Morgan fingerprint density at radius 1 is 1.47 bits per heavy atom. The third-order valence-corrected chi connectivity index (χ3v) is 3.50. The minimum absolute atomic E-state index is 0.488. The summed E-state index contributed by atoms with van der Waals surface area (Å²) in [4.78, 5) is 0. The van der Waals surface area contributed by atoms with Crippen molar-refractivity contribution >= 4 is 17.0 Å². The van der Waals surface area contributed by atoms with Crippen molar-refractivity contribution in [2.24, 2.45) is 0 Å². The fraction of sp³-hybridized carbons (Fsp3) is 0.333. The summed E-state index contributed by atoms with van der Waals surface area (Å²) in [5.41, 5.74) is 7.71. The maximum Gasteiger partial charge on any atom is 0.164 e. The van der Waals surface area contributed by atoms with Crippen molar-refractivity contribution in [2.45, 2.75) is 20.1 Å². The summed E-state index contributed by atoms with van der Waals surface area (Å²) in [6.07, 6.45) is 0. The second-order valence-electron chi connectivity index (χ2n) is 3.47. The molecule has 6 heteroatoms. The van der Waals surface area contributed by atoms with Gasteiger partial charge in [0.1, 0.15) is 17.4 Å². The van der Waals surface area contributed by atoms with E-state index in [2.05, 4.69) is 10.2 Å². The van der Waals surface area contributed by atoms with Gasteiger partial charge >= 0.3 is 0 Å². The predicted molar refractivity (Wildman–Crippen MR) is 56.9 cm³/mol. The van der Waals surface area contributed by atoms with Gasteiger partial charge in [0.25, 0.3) is 0 Å². The summed E-state index contributed by atoms with van der Waals surface area (Å²) >= 11 is 1.60. The van der Waals surface area contributed by atoms with Crippen LogP contribution in [0.2, 0.25) is 0 Å². The van der Waals surface area contributed by atoms with E-state index in [4.69, 9.17) is 10.5 Å². The largest absolute Gasteiger partial charge is 0.398 e. The molecule has 2 aromatic heterocycles. The number of hydrogen-bond donors (Lipinski definition) is 1. The van der Waals surface area contributed by atoms with Crippen molar-refractivity contribution in [3.05, 3.63) is 22.6 Å². The Bertz CT molecular complexity index is 516. The van der Waals surface area contributed by atoms with E-state index in [-0.39, 0.29) is 0 Å². The van der Waals surface area contributed by atoms with Gasteiger partial charge in [-0.2, -0.15) is 0 Å². The molecule has 1 aliphatic heterocycles. The Kier molecular flexibility index (Phi) is 1.80. The molecule has 3 heterocycles. The van der Waals surface area contributed by atoms with Crippen molar-refractivity contribution in [3.63, 3.8) is 0 Å². The topological polar surface area (TPSA) is 66.0 Å². The maximum atomic E-state index is 5.88. The van der Waals surface area contributed by atoms with Crippen molar-refractivity contribution in [1.29, 1.82) is 0 Å². The first-order valence-corrected chi connectivity index (χ1v) is 5.50. The van der Waals surface area contributed by atoms with Crippen LogP contribution >= 0.6 is 11.3 Å². The van der Waals surface area contributed by atoms with Gasteiger partial charge in [0.05, 0.1) is 12.3 Å². The minimum Gasteiger partial charge on any atom is -0.398 e. The number of aryl methyl sites for hydroxylation is 1. The highest BCUT2D eigenvalue weighted by Crippen LogP contribution is 2.32. The number of fused-ring (bicyclic) bond motifs is 3. The van der Waals surface area contributed by atoms with Gasteiger partial charge in [-0.15, -0.1) is 21.5 Å². The molecule has 0 aromatic carbocycles. The second-order valence-corrected chi connectivity index (χ2v) is 4.32. The molecule has 0 saturated carbocycles. The number of nitrogen functional groups attached to an aromatic ring is 1. The van der Waals surface area contributed by atoms with Crippen LogP contribution in [0.15, 0.2) is 5.38 Å². The van der Waals surface area contributed by atoms with Gasteiger partial charge in [-0.1, -0.05) is 0 Å². The molecule has 0 saturated heterocycles. The maximum absolute atomic E-state index is 5.88. The third-order valence-electron chi connectivity index (χ3n) is 2.48. The number of thiophene rings is 1. The van der Waals surface area contributed by atoms with Gasteiger partial charge < -0.3 is 10.5 Å². The minimum atomic E-state index is 0.488. The van der Waals surface area contributed by atoms with E-state index in [9.17, 15) is 0 Å². The number of nitrogens with zero attached hydrogens (tertiary/aromatic N) is 3. The van der Waals surface area contributed by atoms with Crippen molar-refractivity contribution in [1.82, 2.24) is 14.8 Å². The van der Waals surface area contributed by atoms with Crippen LogP contribution in [-0.2, 0) is 18.0 Å². The first kappa shape index (κ1) is 8.87. The van der Waals surface area contributed by atoms with Crippen LogP contribution in [0.5, 0.6) is 0 Å². The molecule has 0 fully saturated rings. The highest BCUT2D eigenvalue weighted by molar-refractivity contribution is 7.13. The van der Waals surface area contributed by atoms with Crippen LogP contribution in [0.1, 0.15) is 17.2 Å². The SMILES string of the molecule is Cc1nnc2n1-c1scc(N)c1COC2. The first-order chi connectivity index (χ1) is 7.27. The summed E-state index contributed by atoms with van der Waals surface area (Å²) < 4.78 is 7.52. The molecule has 2 N–H and O–H groups in total. The van der Waals surface area contributed by atoms with E-state index < -0.39 is 0 Å². The van der Waals surface area contributed by atoms with Gasteiger partial charge in [0.2, 0.25) is 0 Å². The van der Waals surface area contributed by atoms with E-state index in [1.54, 1.807) is 11.3 Å². The van der Waals surface area contributed by atoms with Gasteiger partial charge in [-0.25, -0.2) is 0 Å². The van der Waals surface area contributed by atoms with E-state index >= 15 is 0 Å². The van der Waals surface area contributed by atoms with Gasteiger partial charge in [-0.3, -0.25) is 4.57 Å². The van der Waals surface area contributed by atoms with Crippen LogP contribution < -0.4 is 5.73 Å². The van der Waals surface area contributed by atoms with Gasteiger partial charge in [0.15, 0.2) is 5.82 Å². The highest BCUT2D eigenvalue weighted by Gasteiger charge is 2.21. The molecular weight excluding hydrogens is 212 g/mol. The first-order valence-electron chi connectivity index (χ1n) is 4.62. The Labute approximate surface area is 90.5 Å². The lowest BCUT2D eigenvalue weighted by atomic mass is 10.3. The van der Waals surface area contributed by atoms with E-state index in [0.717, 1.165) is 27.9 Å². The third kappa shape index (κ3) is 1.18. The summed E-state index contributed by atoms with van der Waals surface area (Å²) in [6.45, 7) is 2.97. The van der Waals surface area contributed by atoms with E-state index in [0.29, 0.717) is 13.2 Å². The molecule has 1 aliphatic rings. The molecule has 0 unspecified atom stereocenters. The standard InChI is InChI=1S/C9H10N4OS/c1-5-11-12-8-3-14-2-6-7(10)4-15-9(6)13(5)8/h4H,2-3,10H2,1H3. The zero-order valence-corrected chi connectivity index (χ0v) is 9.04. The number of hydrogen-bond acceptors (Lipinski definition) is 5. The van der Waals surface area contributed by atoms with Crippen molar-refractivity contribution in [3.8, 4) is 5.00 Å². The second kappa shape index (κ2) is 3.04. The molecule has 0 atom stereocenters. The van der Waals surface area contributed by atoms with Crippen LogP contribution in [0.25, 0.3) is 5.00 Å². The van der Waals surface area contributed by atoms with Gasteiger partial charge in [-0.05, 0) is 6.92 Å². The lowest BCUT2D eigenvalue weighted by Gasteiger charge is -2.03. The zero-order valence-electron chi connectivity index (χ0n) is 8.23. The molecule has 0 bridgehead atoms. The Hall–Kier alpha value is -1.40. The molecule has 0 aliphatic carbocycles. The average Bonchev–Trinajstić information content (AvgIpc) is 2.68. The van der Waals surface area contributed by atoms with Gasteiger partial charge in [0, 0.05) is 10.9 Å². The number of anilines is 1. The fourth-order valence-electron chi connectivity index (χ4n) is 1.73. The lowest BCUT2D eigenvalue weighted by Crippen LogP contribution is -2.00. The molecule has 15 heavy (non-hydrogen) atoms. The normalized spacial score (nSPS) is 14.5. The molecule has 78 valence electrons. The van der Waals surface area contributed by atoms with Crippen LogP contribution in [-0.4, -0.2) is 14.8 Å². The van der Waals surface area contributed by atoms with Crippen LogP contribution in [0.4, 0.5) is 5.69 Å². The predicted octanol–water partition coefficient (Wildman–Crippen LogP) is 1.25. The smallest absolute Gasteiger partial charge is 0.164 e. The Balaban J connectivity index is 2.30. The molecule has 0 radical (unpaired) electrons. The number of aromatic nitrogens is 3. The fourth-order valence-corrected chi connectivity index (χ4v) is 2.77. The molecule has 2 aromatic rings. The molecule has 5 nitrogen and oxygen atoms in total. The monoisotopic (exact) mass is 222 g/mol. The molecular formula is C9H10N4OS. The summed E-state index contributed by atoms with van der Waals surface area (Å²) in [7, 11) is 0. The van der Waals surface area contributed by atoms with E-state index in [1.807, 2.05) is 16.9 Å². The summed E-state index contributed by atoms with van der Waals surface area (Å²) in [6, 6.07) is 0. The van der Waals surface area contributed by atoms with Crippen LogP contribution in [0, 0.1) is 6.92 Å². The quantitative estimate of drug-likeness (QED) is 0.728. The average molecular weight is 222 g/mol. The van der Waals surface area contributed by atoms with E-state index in [1.165, 1.54) is 0 Å². The number of rotatable bonds is 0. The Morgan fingerprint density at radius 2 is 2.33 bits per heavy atom. The number of ether oxygens (including phenoxy) is 1. The molecule has 3 rings (SSSR count). The molecule has 0 amide bonds. The lowest BCUT2D eigenvalue weighted by molar-refractivity contribution is 0.105. The van der Waals surface area contributed by atoms with Crippen molar-refractivity contribution in [2.75, 3.05) is 5.73 Å². The summed E-state index contributed by atoms with van der Waals surface area (Å²) in [5.74, 6) is 1.71. The Morgan fingerprint density at radius 3 is 3.20 bits per heavy atom. The van der Waals surface area contributed by atoms with Crippen molar-refractivity contribution < 1.29 is 4.74 Å². The van der Waals surface area contributed by atoms with Crippen LogP contribution in [0.3, 0.4) is 0 Å². The molecule has 0 spiro atoms. The summed E-state index contributed by atoms with van der Waals surface area (Å²) in [5, 5.41) is 11.1. The zero-order chi connectivity index (χ0) is 10.4.